The van der Waals surface area contributed by atoms with Crippen LogP contribution in [0.3, 0.4) is 0 Å². The van der Waals surface area contributed by atoms with Gasteiger partial charge in [-0.3, -0.25) is 9.36 Å². The van der Waals surface area contributed by atoms with Gasteiger partial charge in [0.2, 0.25) is 0 Å². The molecule has 3 heterocycles. The number of rotatable bonds is 2. The van der Waals surface area contributed by atoms with E-state index in [0.717, 1.165) is 30.0 Å². The highest BCUT2D eigenvalue weighted by Gasteiger charge is 2.15. The second kappa shape index (κ2) is 5.37. The Morgan fingerprint density at radius 2 is 2.39 bits per heavy atom. The molecule has 0 saturated heterocycles. The van der Waals surface area contributed by atoms with Gasteiger partial charge in [0.25, 0.3) is 5.56 Å². The monoisotopic (exact) mass is 267 g/mol. The lowest BCUT2D eigenvalue weighted by molar-refractivity contribution is 0.484. The van der Waals surface area contributed by atoms with Crippen LogP contribution in [0, 0.1) is 0 Å². The third-order valence-corrected chi connectivity index (χ3v) is 2.97. The molecular weight excluding hydrogens is 254 g/mol. The van der Waals surface area contributed by atoms with E-state index in [4.69, 9.17) is 4.42 Å². The molecule has 1 N–H and O–H groups in total. The average Bonchev–Trinajstić information content (AvgIpc) is 2.86. The van der Waals surface area contributed by atoms with E-state index >= 15 is 0 Å². The summed E-state index contributed by atoms with van der Waals surface area (Å²) in [5.41, 5.74) is 1.73. The maximum atomic E-state index is 12.2. The van der Waals surface area contributed by atoms with Crippen molar-refractivity contribution in [1.82, 2.24) is 14.9 Å². The standard InChI is InChI=1S/C12H13N3O2.ClH/c16-12-10-6-13-4-3-11(10)14-8-15(12)7-9-2-1-5-17-9;/h1-2,5,8,13H,3-4,6-7H2;1H. The van der Waals surface area contributed by atoms with Crippen molar-refractivity contribution in [3.8, 4) is 0 Å². The number of nitrogens with zero attached hydrogens (tertiary/aromatic N) is 2. The predicted molar refractivity (Wildman–Crippen MR) is 69.0 cm³/mol. The van der Waals surface area contributed by atoms with Crippen LogP contribution in [0.15, 0.2) is 33.9 Å². The summed E-state index contributed by atoms with van der Waals surface area (Å²) in [5.74, 6) is 0.762. The summed E-state index contributed by atoms with van der Waals surface area (Å²) in [6, 6.07) is 3.66. The first-order valence-corrected chi connectivity index (χ1v) is 5.65. The number of hydrogen-bond donors (Lipinski definition) is 1. The highest BCUT2D eigenvalue weighted by molar-refractivity contribution is 5.85. The molecule has 0 aliphatic carbocycles. The van der Waals surface area contributed by atoms with Gasteiger partial charge >= 0.3 is 0 Å². The van der Waals surface area contributed by atoms with Gasteiger partial charge in [0.1, 0.15) is 5.76 Å². The van der Waals surface area contributed by atoms with Gasteiger partial charge in [-0.1, -0.05) is 0 Å². The predicted octanol–water partition coefficient (Wildman–Crippen LogP) is 0.952. The van der Waals surface area contributed by atoms with Crippen LogP contribution in [0.25, 0.3) is 0 Å². The SMILES string of the molecule is Cl.O=c1c2c(ncn1Cc1ccco1)CCNC2. The number of halogens is 1. The minimum atomic E-state index is 0. The Hall–Kier alpha value is -1.59. The Morgan fingerprint density at radius 3 is 3.17 bits per heavy atom. The van der Waals surface area contributed by atoms with Gasteiger partial charge < -0.3 is 9.73 Å². The average molecular weight is 268 g/mol. The normalized spacial score (nSPS) is 13.8. The molecule has 0 aromatic carbocycles. The minimum Gasteiger partial charge on any atom is -0.467 e. The van der Waals surface area contributed by atoms with Gasteiger partial charge in [-0.2, -0.15) is 0 Å². The molecule has 5 nitrogen and oxygen atoms in total. The third kappa shape index (κ3) is 2.32. The molecule has 1 aliphatic rings. The first kappa shape index (κ1) is 12.9. The summed E-state index contributed by atoms with van der Waals surface area (Å²) in [7, 11) is 0. The number of fused-ring (bicyclic) bond motifs is 1. The maximum absolute atomic E-state index is 12.2. The Morgan fingerprint density at radius 1 is 1.50 bits per heavy atom. The zero-order chi connectivity index (χ0) is 11.7. The molecule has 18 heavy (non-hydrogen) atoms. The summed E-state index contributed by atoms with van der Waals surface area (Å²) in [5, 5.41) is 3.19. The van der Waals surface area contributed by atoms with Crippen LogP contribution in [0.5, 0.6) is 0 Å². The van der Waals surface area contributed by atoms with Crippen molar-refractivity contribution in [1.29, 1.82) is 0 Å². The molecule has 0 fully saturated rings. The first-order valence-electron chi connectivity index (χ1n) is 5.65. The van der Waals surface area contributed by atoms with Crippen LogP contribution >= 0.6 is 12.4 Å². The van der Waals surface area contributed by atoms with Gasteiger partial charge in [0.05, 0.1) is 30.4 Å². The molecule has 0 atom stereocenters. The van der Waals surface area contributed by atoms with Gasteiger partial charge in [0, 0.05) is 19.5 Å². The van der Waals surface area contributed by atoms with E-state index in [0.29, 0.717) is 13.1 Å². The fraction of sp³-hybridized carbons (Fsp3) is 0.333. The van der Waals surface area contributed by atoms with E-state index in [1.807, 2.05) is 12.1 Å². The first-order chi connectivity index (χ1) is 8.34. The lowest BCUT2D eigenvalue weighted by atomic mass is 10.1. The van der Waals surface area contributed by atoms with Crippen molar-refractivity contribution in [3.63, 3.8) is 0 Å². The molecule has 1 aliphatic heterocycles. The van der Waals surface area contributed by atoms with Gasteiger partial charge in [0.15, 0.2) is 0 Å². The van der Waals surface area contributed by atoms with Crippen LogP contribution in [0.2, 0.25) is 0 Å². The molecule has 2 aromatic heterocycles. The zero-order valence-corrected chi connectivity index (χ0v) is 10.6. The highest BCUT2D eigenvalue weighted by atomic mass is 35.5. The van der Waals surface area contributed by atoms with E-state index in [1.54, 1.807) is 17.2 Å². The van der Waals surface area contributed by atoms with Crippen LogP contribution < -0.4 is 10.9 Å². The molecule has 0 unspecified atom stereocenters. The number of furan rings is 1. The van der Waals surface area contributed by atoms with Crippen molar-refractivity contribution >= 4 is 12.4 Å². The minimum absolute atomic E-state index is 0. The molecule has 2 aromatic rings. The number of nitrogens with one attached hydrogen (secondary N) is 1. The van der Waals surface area contributed by atoms with Gasteiger partial charge in [-0.05, 0) is 12.1 Å². The van der Waals surface area contributed by atoms with Gasteiger partial charge in [-0.15, -0.1) is 12.4 Å². The molecule has 96 valence electrons. The molecule has 6 heteroatoms. The summed E-state index contributed by atoms with van der Waals surface area (Å²) >= 11 is 0. The van der Waals surface area contributed by atoms with Crippen LogP contribution in [-0.4, -0.2) is 16.1 Å². The highest BCUT2D eigenvalue weighted by Crippen LogP contribution is 2.07. The second-order valence-electron chi connectivity index (χ2n) is 4.11. The van der Waals surface area contributed by atoms with Crippen molar-refractivity contribution in [2.24, 2.45) is 0 Å². The summed E-state index contributed by atoms with van der Waals surface area (Å²) in [6.45, 7) is 1.94. The van der Waals surface area contributed by atoms with Crippen LogP contribution in [0.4, 0.5) is 0 Å². The van der Waals surface area contributed by atoms with Crippen molar-refractivity contribution in [2.75, 3.05) is 6.54 Å². The van der Waals surface area contributed by atoms with E-state index < -0.39 is 0 Å². The Kier molecular flexibility index (Phi) is 3.84. The summed E-state index contributed by atoms with van der Waals surface area (Å²) in [4.78, 5) is 16.5. The molecule has 3 rings (SSSR count). The lowest BCUT2D eigenvalue weighted by Gasteiger charge is -2.16. The fourth-order valence-corrected chi connectivity index (χ4v) is 2.06. The smallest absolute Gasteiger partial charge is 0.258 e. The van der Waals surface area contributed by atoms with E-state index in [1.165, 1.54) is 0 Å². The second-order valence-corrected chi connectivity index (χ2v) is 4.11. The topological polar surface area (TPSA) is 60.1 Å². The van der Waals surface area contributed by atoms with Crippen LogP contribution in [-0.2, 0) is 19.5 Å². The lowest BCUT2D eigenvalue weighted by Crippen LogP contribution is -2.34. The molecule has 0 radical (unpaired) electrons. The quantitative estimate of drug-likeness (QED) is 0.880. The third-order valence-electron chi connectivity index (χ3n) is 2.97. The largest absolute Gasteiger partial charge is 0.467 e. The van der Waals surface area contributed by atoms with E-state index in [-0.39, 0.29) is 18.0 Å². The van der Waals surface area contributed by atoms with E-state index in [2.05, 4.69) is 10.3 Å². The maximum Gasteiger partial charge on any atom is 0.258 e. The molecule has 0 bridgehead atoms. The number of aromatic nitrogens is 2. The fourth-order valence-electron chi connectivity index (χ4n) is 2.06. The Bertz CT molecular complexity index is 578. The van der Waals surface area contributed by atoms with Crippen molar-refractivity contribution in [2.45, 2.75) is 19.5 Å². The molecule has 0 spiro atoms. The van der Waals surface area contributed by atoms with Crippen LogP contribution in [0.1, 0.15) is 17.0 Å². The molecular formula is C12H14ClN3O2. The zero-order valence-electron chi connectivity index (χ0n) is 9.76. The van der Waals surface area contributed by atoms with Gasteiger partial charge in [-0.25, -0.2) is 4.98 Å². The number of hydrogen-bond acceptors (Lipinski definition) is 4. The Labute approximate surface area is 110 Å². The summed E-state index contributed by atoms with van der Waals surface area (Å²) < 4.78 is 6.82. The summed E-state index contributed by atoms with van der Waals surface area (Å²) in [6.07, 6.45) is 4.04. The van der Waals surface area contributed by atoms with E-state index in [9.17, 15) is 4.79 Å². The Balaban J connectivity index is 0.00000120. The molecule has 0 saturated carbocycles. The van der Waals surface area contributed by atoms with Crippen molar-refractivity contribution < 1.29 is 4.42 Å². The van der Waals surface area contributed by atoms with Crippen molar-refractivity contribution in [3.05, 3.63) is 52.1 Å². The molecule has 0 amide bonds.